The van der Waals surface area contributed by atoms with Crippen LogP contribution in [0.4, 0.5) is 4.79 Å². The molecule has 0 saturated carbocycles. The number of hydrogen-bond acceptors (Lipinski definition) is 11. The summed E-state index contributed by atoms with van der Waals surface area (Å²) in [5, 5.41) is 1.54. The van der Waals surface area contributed by atoms with Gasteiger partial charge >= 0.3 is 6.09 Å². The molecule has 0 spiro atoms. The second-order valence-corrected chi connectivity index (χ2v) is 17.4. The lowest BCUT2D eigenvalue weighted by Gasteiger charge is -2.40. The molecule has 1 fully saturated rings. The van der Waals surface area contributed by atoms with Gasteiger partial charge < -0.3 is 14.5 Å². The van der Waals surface area contributed by atoms with Crippen LogP contribution in [-0.4, -0.2) is 99.6 Å². The average Bonchev–Trinajstić information content (AvgIpc) is 3.59. The number of sulfonamides is 2. The third-order valence-corrected chi connectivity index (χ3v) is 13.5. The minimum absolute atomic E-state index is 0.0299. The smallest absolute Gasteiger partial charge is 0.420 e. The number of nitrogens with zero attached hydrogens (tertiary/aromatic N) is 4. The lowest BCUT2D eigenvalue weighted by atomic mass is 10.1. The van der Waals surface area contributed by atoms with Gasteiger partial charge in [0, 0.05) is 59.8 Å². The molecule has 3 aromatic rings. The number of fused-ring (bicyclic) bond motifs is 2. The van der Waals surface area contributed by atoms with Crippen LogP contribution >= 0.6 is 34.3 Å². The average molecular weight is 704 g/mol. The zero-order valence-corrected chi connectivity index (χ0v) is 28.3. The zero-order valence-electron chi connectivity index (χ0n) is 24.3. The first-order valence-electron chi connectivity index (χ1n) is 14.2. The zero-order chi connectivity index (χ0) is 31.6. The van der Waals surface area contributed by atoms with Gasteiger partial charge in [0.1, 0.15) is 4.21 Å². The second kappa shape index (κ2) is 13.6. The summed E-state index contributed by atoms with van der Waals surface area (Å²) in [6.45, 7) is 3.49. The van der Waals surface area contributed by atoms with Crippen LogP contribution in [0.2, 0.25) is 5.02 Å². The molecule has 2 aliphatic rings. The largest absolute Gasteiger partial charge is 0.449 e. The number of thiazole rings is 1. The molecule has 0 aliphatic carbocycles. The lowest BCUT2D eigenvalue weighted by molar-refractivity contribution is 0.0559. The number of ether oxygens (including phenoxy) is 1. The number of unbranched alkanes of at least 4 members (excludes halogenated alkanes) is 1. The van der Waals surface area contributed by atoms with E-state index in [1.165, 1.54) is 20.5 Å². The number of amides is 2. The van der Waals surface area contributed by atoms with Crippen molar-refractivity contribution in [1.82, 2.24) is 23.8 Å². The van der Waals surface area contributed by atoms with Crippen LogP contribution in [0.25, 0.3) is 10.1 Å². The fourth-order valence-electron chi connectivity index (χ4n) is 5.14. The molecule has 5 rings (SSSR count). The van der Waals surface area contributed by atoms with E-state index in [2.05, 4.69) is 9.88 Å². The number of hydrogen-bond donors (Lipinski definition) is 1. The molecule has 12 nitrogen and oxygen atoms in total. The van der Waals surface area contributed by atoms with Crippen molar-refractivity contribution in [2.75, 3.05) is 45.6 Å². The third-order valence-electron chi connectivity index (χ3n) is 7.55. The van der Waals surface area contributed by atoms with Gasteiger partial charge in [0.05, 0.1) is 18.1 Å². The van der Waals surface area contributed by atoms with Gasteiger partial charge in [0.25, 0.3) is 15.9 Å². The van der Waals surface area contributed by atoms with Crippen LogP contribution in [0, 0.1) is 0 Å². The molecular weight excluding hydrogens is 670 g/mol. The molecule has 2 aliphatic heterocycles. The predicted molar refractivity (Wildman–Crippen MR) is 170 cm³/mol. The van der Waals surface area contributed by atoms with Crippen molar-refractivity contribution in [2.24, 2.45) is 0 Å². The maximum absolute atomic E-state index is 13.8. The fraction of sp³-hybridized carbons (Fsp3) is 0.519. The summed E-state index contributed by atoms with van der Waals surface area (Å²) in [5.74, 6) is -0.881. The van der Waals surface area contributed by atoms with Gasteiger partial charge in [0.2, 0.25) is 10.0 Å². The Balaban J connectivity index is 1.37. The van der Waals surface area contributed by atoms with Crippen molar-refractivity contribution in [3.63, 3.8) is 0 Å². The van der Waals surface area contributed by atoms with Crippen molar-refractivity contribution < 1.29 is 31.2 Å². The Hall–Kier alpha value is -2.34. The topological polar surface area (TPSA) is 146 Å². The Kier molecular flexibility index (Phi) is 10.2. The van der Waals surface area contributed by atoms with Crippen molar-refractivity contribution >= 4 is 76.4 Å². The van der Waals surface area contributed by atoms with Crippen LogP contribution in [-0.2, 0) is 37.7 Å². The van der Waals surface area contributed by atoms with Crippen molar-refractivity contribution in [3.05, 3.63) is 44.9 Å². The summed E-state index contributed by atoms with van der Waals surface area (Å²) in [6, 6.07) is 5.95. The third kappa shape index (κ3) is 7.54. The van der Waals surface area contributed by atoms with Crippen LogP contribution in [0.15, 0.2) is 28.5 Å². The quantitative estimate of drug-likeness (QED) is 0.312. The molecule has 17 heteroatoms. The molecule has 0 bridgehead atoms. The summed E-state index contributed by atoms with van der Waals surface area (Å²) in [7, 11) is -6.09. The Morgan fingerprint density at radius 3 is 2.70 bits per heavy atom. The fourth-order valence-corrected chi connectivity index (χ4v) is 10.6. The molecule has 4 heterocycles. The van der Waals surface area contributed by atoms with Gasteiger partial charge in [-0.3, -0.25) is 4.79 Å². The van der Waals surface area contributed by atoms with Crippen molar-refractivity contribution in [1.29, 1.82) is 0 Å². The summed E-state index contributed by atoms with van der Waals surface area (Å²) in [4.78, 5) is 35.1. The SMILES string of the molecule is CCCCOC(=O)NS(=O)(=O)CCC1CN(S(=O)(=O)c2cc3ccc(Cl)cc3s2)CCN1C(=O)c1nc2c(s1)CN(C)CC2. The second-order valence-electron chi connectivity index (χ2n) is 10.8. The minimum Gasteiger partial charge on any atom is -0.449 e. The lowest BCUT2D eigenvalue weighted by Crippen LogP contribution is -2.57. The number of nitrogens with one attached hydrogen (secondary N) is 1. The highest BCUT2D eigenvalue weighted by molar-refractivity contribution is 7.91. The predicted octanol–water partition coefficient (Wildman–Crippen LogP) is 3.76. The maximum atomic E-state index is 13.8. The number of halogens is 1. The van der Waals surface area contributed by atoms with Gasteiger partial charge in [-0.1, -0.05) is 31.0 Å². The van der Waals surface area contributed by atoms with E-state index >= 15 is 0 Å². The molecule has 0 radical (unpaired) electrons. The summed E-state index contributed by atoms with van der Waals surface area (Å²) >= 11 is 8.52. The summed E-state index contributed by atoms with van der Waals surface area (Å²) in [6.07, 6.45) is 0.927. The molecule has 1 unspecified atom stereocenters. The molecule has 240 valence electrons. The van der Waals surface area contributed by atoms with Gasteiger partial charge in [0.15, 0.2) is 5.01 Å². The molecule has 2 aromatic heterocycles. The van der Waals surface area contributed by atoms with E-state index in [-0.39, 0.29) is 42.8 Å². The molecule has 44 heavy (non-hydrogen) atoms. The highest BCUT2D eigenvalue weighted by atomic mass is 35.5. The first-order chi connectivity index (χ1) is 20.9. The van der Waals surface area contributed by atoms with Crippen LogP contribution in [0.3, 0.4) is 0 Å². The number of carbonyl (C=O) groups excluding carboxylic acids is 2. The maximum Gasteiger partial charge on any atom is 0.420 e. The van der Waals surface area contributed by atoms with Crippen LogP contribution in [0.5, 0.6) is 0 Å². The Morgan fingerprint density at radius 1 is 1.14 bits per heavy atom. The standard InChI is InChI=1S/C27H34ClN5O7S4/c1-3-4-12-40-27(35)30-43(36,37)13-8-20-16-32(44(38,39)24-14-18-5-6-19(28)15-22(18)41-24)10-11-33(20)26(34)25-29-21-7-9-31(2)17-23(21)42-25/h5-6,14-15,20H,3-4,7-13,16-17H2,1-2H3,(H,30,35). The molecule has 1 saturated heterocycles. The monoisotopic (exact) mass is 703 g/mol. The molecule has 2 amide bonds. The number of benzene rings is 1. The summed E-state index contributed by atoms with van der Waals surface area (Å²) in [5.41, 5.74) is 0.882. The van der Waals surface area contributed by atoms with Crippen molar-refractivity contribution in [3.8, 4) is 0 Å². The van der Waals surface area contributed by atoms with E-state index in [4.69, 9.17) is 16.3 Å². The normalized spacial score (nSPS) is 18.3. The van der Waals surface area contributed by atoms with E-state index in [0.29, 0.717) is 23.0 Å². The first kappa shape index (κ1) is 33.0. The van der Waals surface area contributed by atoms with Gasteiger partial charge in [-0.15, -0.1) is 22.7 Å². The Morgan fingerprint density at radius 2 is 1.93 bits per heavy atom. The molecule has 1 atom stereocenters. The number of thiophene rings is 1. The first-order valence-corrected chi connectivity index (χ1v) is 19.3. The van der Waals surface area contributed by atoms with E-state index in [1.54, 1.807) is 24.3 Å². The summed E-state index contributed by atoms with van der Waals surface area (Å²) < 4.78 is 62.1. The number of aromatic nitrogens is 1. The van der Waals surface area contributed by atoms with Crippen LogP contribution < -0.4 is 4.72 Å². The van der Waals surface area contributed by atoms with E-state index in [0.717, 1.165) is 51.4 Å². The molecular formula is C27H34ClN5O7S4. The highest BCUT2D eigenvalue weighted by Crippen LogP contribution is 2.34. The number of piperazine rings is 1. The highest BCUT2D eigenvalue weighted by Gasteiger charge is 2.39. The van der Waals surface area contributed by atoms with E-state index < -0.39 is 37.9 Å². The minimum atomic E-state index is -4.13. The van der Waals surface area contributed by atoms with Gasteiger partial charge in [-0.05, 0) is 43.5 Å². The van der Waals surface area contributed by atoms with Gasteiger partial charge in [-0.25, -0.2) is 31.3 Å². The number of rotatable bonds is 10. The Labute approximate surface area is 270 Å². The Bertz CT molecular complexity index is 1760. The van der Waals surface area contributed by atoms with E-state index in [9.17, 15) is 26.4 Å². The molecule has 1 aromatic carbocycles. The van der Waals surface area contributed by atoms with Gasteiger partial charge in [-0.2, -0.15) is 4.31 Å². The molecule has 1 N–H and O–H groups in total. The number of carbonyl (C=O) groups is 2. The van der Waals surface area contributed by atoms with E-state index in [1.807, 2.05) is 18.7 Å². The van der Waals surface area contributed by atoms with Crippen molar-refractivity contribution in [2.45, 2.75) is 49.4 Å². The van der Waals surface area contributed by atoms with Crippen LogP contribution in [0.1, 0.15) is 46.6 Å². The number of likely N-dealkylation sites (N-methyl/N-ethyl adjacent to an activating group) is 1.